The van der Waals surface area contributed by atoms with Crippen LogP contribution in [0.5, 0.6) is 5.75 Å². The summed E-state index contributed by atoms with van der Waals surface area (Å²) in [6.45, 7) is 3.11. The molecule has 108 valence electrons. The van der Waals surface area contributed by atoms with Gasteiger partial charge in [-0.3, -0.25) is 0 Å². The van der Waals surface area contributed by atoms with Crippen molar-refractivity contribution in [1.29, 1.82) is 0 Å². The van der Waals surface area contributed by atoms with Crippen molar-refractivity contribution in [3.05, 3.63) is 36.9 Å². The Bertz CT molecular complexity index is 751. The van der Waals surface area contributed by atoms with Gasteiger partial charge in [0.2, 0.25) is 0 Å². The van der Waals surface area contributed by atoms with Gasteiger partial charge in [0.25, 0.3) is 0 Å². The second kappa shape index (κ2) is 5.91. The lowest BCUT2D eigenvalue weighted by Gasteiger charge is -2.05. The Hall–Kier alpha value is -2.43. The monoisotopic (exact) mass is 282 g/mol. The van der Waals surface area contributed by atoms with Gasteiger partial charge in [0.05, 0.1) is 13.4 Å². The standard InChI is InChI=1S/C16H18N4O/c1-3-4-8-20-11-19-15-14(17-10-18-16(15)20)12-6-5-7-13(9-12)21-2/h5-7,9-11H,3-4,8H2,1-2H3. The average Bonchev–Trinajstić information content (AvgIpc) is 2.96. The molecule has 5 heteroatoms. The van der Waals surface area contributed by atoms with Crippen molar-refractivity contribution >= 4 is 11.2 Å². The lowest BCUT2D eigenvalue weighted by atomic mass is 10.1. The van der Waals surface area contributed by atoms with E-state index >= 15 is 0 Å². The number of aromatic nitrogens is 4. The highest BCUT2D eigenvalue weighted by Crippen LogP contribution is 2.27. The average molecular weight is 282 g/mol. The SMILES string of the molecule is CCCCn1cnc2c(-c3cccc(OC)c3)ncnc21. The summed E-state index contributed by atoms with van der Waals surface area (Å²) in [7, 11) is 1.66. The Morgan fingerprint density at radius 3 is 2.90 bits per heavy atom. The van der Waals surface area contributed by atoms with Gasteiger partial charge in [0.1, 0.15) is 23.3 Å². The fourth-order valence-electron chi connectivity index (χ4n) is 2.35. The molecular formula is C16H18N4O. The van der Waals surface area contributed by atoms with Crippen molar-refractivity contribution in [1.82, 2.24) is 19.5 Å². The summed E-state index contributed by atoms with van der Waals surface area (Å²) in [5.74, 6) is 0.810. The largest absolute Gasteiger partial charge is 0.497 e. The molecule has 0 atom stereocenters. The minimum absolute atomic E-state index is 0.810. The second-order valence-electron chi connectivity index (χ2n) is 4.92. The topological polar surface area (TPSA) is 52.8 Å². The number of benzene rings is 1. The van der Waals surface area contributed by atoms with Crippen LogP contribution in [0, 0.1) is 0 Å². The molecule has 21 heavy (non-hydrogen) atoms. The normalized spacial score (nSPS) is 11.0. The molecule has 0 spiro atoms. The lowest BCUT2D eigenvalue weighted by Crippen LogP contribution is -1.98. The zero-order valence-corrected chi connectivity index (χ0v) is 12.3. The maximum atomic E-state index is 5.28. The third-order valence-corrected chi connectivity index (χ3v) is 3.50. The number of nitrogens with zero attached hydrogens (tertiary/aromatic N) is 4. The van der Waals surface area contributed by atoms with Crippen LogP contribution in [0.2, 0.25) is 0 Å². The minimum Gasteiger partial charge on any atom is -0.497 e. The molecule has 3 rings (SSSR count). The highest BCUT2D eigenvalue weighted by atomic mass is 16.5. The van der Waals surface area contributed by atoms with Crippen molar-refractivity contribution in [3.8, 4) is 17.0 Å². The van der Waals surface area contributed by atoms with Crippen LogP contribution < -0.4 is 4.74 Å². The molecule has 0 bridgehead atoms. The van der Waals surface area contributed by atoms with E-state index in [1.54, 1.807) is 13.4 Å². The summed E-state index contributed by atoms with van der Waals surface area (Å²) in [6, 6.07) is 7.85. The Labute approximate surface area is 123 Å². The van der Waals surface area contributed by atoms with E-state index in [4.69, 9.17) is 4.74 Å². The molecule has 0 N–H and O–H groups in total. The van der Waals surface area contributed by atoms with Crippen LogP contribution in [0.15, 0.2) is 36.9 Å². The van der Waals surface area contributed by atoms with Crippen LogP contribution in [0.25, 0.3) is 22.4 Å². The van der Waals surface area contributed by atoms with Crippen LogP contribution in [0.3, 0.4) is 0 Å². The maximum Gasteiger partial charge on any atom is 0.163 e. The first-order valence-corrected chi connectivity index (χ1v) is 7.13. The fourth-order valence-corrected chi connectivity index (χ4v) is 2.35. The number of ether oxygens (including phenoxy) is 1. The van der Waals surface area contributed by atoms with E-state index in [9.17, 15) is 0 Å². The van der Waals surface area contributed by atoms with Gasteiger partial charge in [-0.15, -0.1) is 0 Å². The van der Waals surface area contributed by atoms with Gasteiger partial charge >= 0.3 is 0 Å². The Morgan fingerprint density at radius 2 is 2.10 bits per heavy atom. The van der Waals surface area contributed by atoms with E-state index in [-0.39, 0.29) is 0 Å². The molecule has 0 aliphatic carbocycles. The van der Waals surface area contributed by atoms with Crippen LogP contribution in [0.1, 0.15) is 19.8 Å². The third-order valence-electron chi connectivity index (χ3n) is 3.50. The summed E-state index contributed by atoms with van der Waals surface area (Å²) < 4.78 is 7.37. The Morgan fingerprint density at radius 1 is 1.19 bits per heavy atom. The molecule has 2 aromatic heterocycles. The molecule has 0 saturated heterocycles. The molecular weight excluding hydrogens is 264 g/mol. The Balaban J connectivity index is 2.08. The number of imidazole rings is 1. The molecule has 5 nitrogen and oxygen atoms in total. The van der Waals surface area contributed by atoms with E-state index in [0.717, 1.165) is 47.6 Å². The number of aryl methyl sites for hydroxylation is 1. The first-order valence-electron chi connectivity index (χ1n) is 7.13. The number of methoxy groups -OCH3 is 1. The molecule has 0 aliphatic rings. The summed E-state index contributed by atoms with van der Waals surface area (Å²) in [4.78, 5) is 13.3. The number of hydrogen-bond donors (Lipinski definition) is 0. The summed E-state index contributed by atoms with van der Waals surface area (Å²) in [6.07, 6.45) is 5.71. The molecule has 2 heterocycles. The predicted molar refractivity (Wildman–Crippen MR) is 82.2 cm³/mol. The first-order chi connectivity index (χ1) is 10.3. The van der Waals surface area contributed by atoms with E-state index < -0.39 is 0 Å². The number of hydrogen-bond acceptors (Lipinski definition) is 4. The van der Waals surface area contributed by atoms with Crippen LogP contribution >= 0.6 is 0 Å². The van der Waals surface area contributed by atoms with E-state index in [1.807, 2.05) is 30.6 Å². The van der Waals surface area contributed by atoms with Gasteiger partial charge in [-0.05, 0) is 18.6 Å². The highest BCUT2D eigenvalue weighted by Gasteiger charge is 2.12. The molecule has 0 saturated carbocycles. The molecule has 0 unspecified atom stereocenters. The summed E-state index contributed by atoms with van der Waals surface area (Å²) in [5, 5.41) is 0. The predicted octanol–water partition coefficient (Wildman–Crippen LogP) is 3.30. The van der Waals surface area contributed by atoms with Gasteiger partial charge in [-0.2, -0.15) is 0 Å². The van der Waals surface area contributed by atoms with Gasteiger partial charge in [0, 0.05) is 12.1 Å². The smallest absolute Gasteiger partial charge is 0.163 e. The summed E-state index contributed by atoms with van der Waals surface area (Å²) >= 11 is 0. The Kier molecular flexibility index (Phi) is 3.81. The number of rotatable bonds is 5. The lowest BCUT2D eigenvalue weighted by molar-refractivity contribution is 0.415. The maximum absolute atomic E-state index is 5.28. The number of fused-ring (bicyclic) bond motifs is 1. The molecule has 0 amide bonds. The van der Waals surface area contributed by atoms with Crippen LogP contribution in [-0.2, 0) is 6.54 Å². The van der Waals surface area contributed by atoms with Crippen molar-refractivity contribution < 1.29 is 4.74 Å². The van der Waals surface area contributed by atoms with E-state index in [0.29, 0.717) is 0 Å². The quantitative estimate of drug-likeness (QED) is 0.720. The third kappa shape index (κ3) is 2.59. The second-order valence-corrected chi connectivity index (χ2v) is 4.92. The van der Waals surface area contributed by atoms with Crippen LogP contribution in [-0.4, -0.2) is 26.6 Å². The summed E-state index contributed by atoms with van der Waals surface area (Å²) in [5.41, 5.74) is 3.55. The molecule has 0 fully saturated rings. The zero-order chi connectivity index (χ0) is 14.7. The highest BCUT2D eigenvalue weighted by molar-refractivity contribution is 5.87. The van der Waals surface area contributed by atoms with Crippen LogP contribution in [0.4, 0.5) is 0 Å². The fraction of sp³-hybridized carbons (Fsp3) is 0.312. The minimum atomic E-state index is 0.810. The van der Waals surface area contributed by atoms with Gasteiger partial charge < -0.3 is 9.30 Å². The van der Waals surface area contributed by atoms with Crippen molar-refractivity contribution in [2.45, 2.75) is 26.3 Å². The van der Waals surface area contributed by atoms with Gasteiger partial charge in [0.15, 0.2) is 5.65 Å². The number of unbranched alkanes of at least 4 members (excludes halogenated alkanes) is 1. The molecule has 3 aromatic rings. The van der Waals surface area contributed by atoms with Gasteiger partial charge in [-0.1, -0.05) is 25.5 Å². The van der Waals surface area contributed by atoms with E-state index in [2.05, 4.69) is 26.4 Å². The zero-order valence-electron chi connectivity index (χ0n) is 12.3. The molecule has 1 aromatic carbocycles. The van der Waals surface area contributed by atoms with Gasteiger partial charge in [-0.25, -0.2) is 15.0 Å². The van der Waals surface area contributed by atoms with E-state index in [1.165, 1.54) is 0 Å². The van der Waals surface area contributed by atoms with Crippen molar-refractivity contribution in [3.63, 3.8) is 0 Å². The molecule has 0 aliphatic heterocycles. The van der Waals surface area contributed by atoms with Crippen molar-refractivity contribution in [2.75, 3.05) is 7.11 Å². The molecule has 0 radical (unpaired) electrons. The van der Waals surface area contributed by atoms with Crippen molar-refractivity contribution in [2.24, 2.45) is 0 Å². The first kappa shape index (κ1) is 13.5.